The first-order chi connectivity index (χ1) is 17.1. The van der Waals surface area contributed by atoms with Crippen LogP contribution in [0.1, 0.15) is 22.3 Å². The highest BCUT2D eigenvalue weighted by Crippen LogP contribution is 2.34. The Bertz CT molecular complexity index is 1310. The molecule has 2 aliphatic rings. The molecule has 0 N–H and O–H groups in total. The number of hydrogen-bond acceptors (Lipinski definition) is 5. The fourth-order valence-electron chi connectivity index (χ4n) is 4.19. The normalized spacial score (nSPS) is 16.5. The summed E-state index contributed by atoms with van der Waals surface area (Å²) in [5.41, 5.74) is 4.07. The number of para-hydroxylation sites is 1. The van der Waals surface area contributed by atoms with Crippen molar-refractivity contribution in [3.63, 3.8) is 0 Å². The van der Waals surface area contributed by atoms with Crippen LogP contribution >= 0.6 is 11.8 Å². The lowest BCUT2D eigenvalue weighted by atomic mass is 10.00. The van der Waals surface area contributed by atoms with Gasteiger partial charge in [0.2, 0.25) is 5.91 Å². The molecule has 2 heterocycles. The number of hydrogen-bond donors (Lipinski definition) is 0. The van der Waals surface area contributed by atoms with Crippen LogP contribution in [-0.2, 0) is 29.2 Å². The monoisotopic (exact) mass is 484 g/mol. The standard InChI is InChI=1S/C28H24N2O4S/c31-26(29-15-14-21-10-4-5-12-23(21)17-29)18-30-27(32)25(35-28(30)33)16-22-11-6-7-13-24(22)34-19-20-8-2-1-3-9-20/h1-13,16H,14-15,17-19H2/b25-16+. The molecule has 0 spiro atoms. The van der Waals surface area contributed by atoms with Gasteiger partial charge in [-0.15, -0.1) is 0 Å². The smallest absolute Gasteiger partial charge is 0.294 e. The van der Waals surface area contributed by atoms with E-state index in [0.29, 0.717) is 31.0 Å². The maximum absolute atomic E-state index is 13.0. The Morgan fingerprint density at radius 2 is 1.63 bits per heavy atom. The topological polar surface area (TPSA) is 66.9 Å². The van der Waals surface area contributed by atoms with Crippen LogP contribution in [0.4, 0.5) is 4.79 Å². The van der Waals surface area contributed by atoms with E-state index in [1.165, 1.54) is 5.56 Å². The lowest BCUT2D eigenvalue weighted by molar-refractivity contribution is -0.136. The van der Waals surface area contributed by atoms with Crippen LogP contribution in [0, 0.1) is 0 Å². The van der Waals surface area contributed by atoms with Crippen molar-refractivity contribution in [1.82, 2.24) is 9.80 Å². The summed E-state index contributed by atoms with van der Waals surface area (Å²) in [5.74, 6) is -0.0653. The minimum Gasteiger partial charge on any atom is -0.488 e. The quantitative estimate of drug-likeness (QED) is 0.466. The number of carbonyl (C=O) groups excluding carboxylic acids is 3. The molecule has 176 valence electrons. The molecule has 1 fully saturated rings. The summed E-state index contributed by atoms with van der Waals surface area (Å²) in [6.07, 6.45) is 2.43. The van der Waals surface area contributed by atoms with Crippen LogP contribution in [0.2, 0.25) is 0 Å². The van der Waals surface area contributed by atoms with Gasteiger partial charge in [0, 0.05) is 18.7 Å². The van der Waals surface area contributed by atoms with Gasteiger partial charge in [-0.2, -0.15) is 0 Å². The third-order valence-corrected chi connectivity index (χ3v) is 7.00. The fraction of sp³-hybridized carbons (Fsp3) is 0.179. The molecule has 0 saturated carbocycles. The summed E-state index contributed by atoms with van der Waals surface area (Å²) >= 11 is 0.849. The second-order valence-corrected chi connectivity index (χ2v) is 9.41. The maximum atomic E-state index is 13.0. The molecule has 5 rings (SSSR count). The molecule has 0 aromatic heterocycles. The van der Waals surface area contributed by atoms with Crippen molar-refractivity contribution < 1.29 is 19.1 Å². The zero-order valence-corrected chi connectivity index (χ0v) is 19.9. The molecule has 1 saturated heterocycles. The fourth-order valence-corrected chi connectivity index (χ4v) is 5.02. The number of amides is 3. The van der Waals surface area contributed by atoms with Crippen molar-refractivity contribution in [1.29, 1.82) is 0 Å². The Labute approximate surface area is 208 Å². The summed E-state index contributed by atoms with van der Waals surface area (Å²) in [6.45, 7) is 1.21. The number of carbonyl (C=O) groups is 3. The number of rotatable bonds is 6. The Morgan fingerprint density at radius 1 is 0.914 bits per heavy atom. The Hall–Kier alpha value is -3.84. The summed E-state index contributed by atoms with van der Waals surface area (Å²) in [7, 11) is 0. The summed E-state index contributed by atoms with van der Waals surface area (Å²) in [5, 5.41) is -0.435. The average molecular weight is 485 g/mol. The Balaban J connectivity index is 1.27. The second kappa shape index (κ2) is 10.2. The molecule has 6 nitrogen and oxygen atoms in total. The zero-order valence-electron chi connectivity index (χ0n) is 19.1. The molecule has 7 heteroatoms. The lowest BCUT2D eigenvalue weighted by Crippen LogP contribution is -2.44. The van der Waals surface area contributed by atoms with E-state index in [1.807, 2.05) is 72.8 Å². The van der Waals surface area contributed by atoms with Crippen LogP contribution in [0.25, 0.3) is 6.08 Å². The summed E-state index contributed by atoms with van der Waals surface area (Å²) in [6, 6.07) is 25.2. The molecule has 3 aromatic carbocycles. The van der Waals surface area contributed by atoms with Crippen molar-refractivity contribution in [3.05, 3.63) is 106 Å². The maximum Gasteiger partial charge on any atom is 0.294 e. The van der Waals surface area contributed by atoms with Gasteiger partial charge in [0.25, 0.3) is 11.1 Å². The second-order valence-electron chi connectivity index (χ2n) is 8.41. The number of ether oxygens (including phenoxy) is 1. The van der Waals surface area contributed by atoms with Crippen LogP contribution in [-0.4, -0.2) is 39.9 Å². The van der Waals surface area contributed by atoms with Gasteiger partial charge >= 0.3 is 0 Å². The van der Waals surface area contributed by atoms with Gasteiger partial charge in [-0.1, -0.05) is 72.8 Å². The molecule has 0 aliphatic carbocycles. The number of imide groups is 1. The highest BCUT2D eigenvalue weighted by atomic mass is 32.2. The Morgan fingerprint density at radius 3 is 2.46 bits per heavy atom. The van der Waals surface area contributed by atoms with E-state index in [0.717, 1.165) is 34.2 Å². The summed E-state index contributed by atoms with van der Waals surface area (Å²) in [4.78, 5) is 41.6. The van der Waals surface area contributed by atoms with Gasteiger partial charge in [-0.3, -0.25) is 19.3 Å². The Kier molecular flexibility index (Phi) is 6.68. The van der Waals surface area contributed by atoms with Crippen LogP contribution in [0.3, 0.4) is 0 Å². The van der Waals surface area contributed by atoms with Gasteiger partial charge in [0.05, 0.1) is 4.91 Å². The minimum absolute atomic E-state index is 0.227. The molecular weight excluding hydrogens is 460 g/mol. The molecule has 35 heavy (non-hydrogen) atoms. The number of fused-ring (bicyclic) bond motifs is 1. The molecule has 2 aliphatic heterocycles. The van der Waals surface area contributed by atoms with Crippen molar-refractivity contribution >= 4 is 34.9 Å². The van der Waals surface area contributed by atoms with Crippen molar-refractivity contribution in [2.24, 2.45) is 0 Å². The number of benzene rings is 3. The van der Waals surface area contributed by atoms with E-state index in [1.54, 1.807) is 11.0 Å². The predicted octanol–water partition coefficient (Wildman–Crippen LogP) is 4.89. The SMILES string of the molecule is O=C(CN1C(=O)S/C(=C/c2ccccc2OCc2ccccc2)C1=O)N1CCc2ccccc2C1. The lowest BCUT2D eigenvalue weighted by Gasteiger charge is -2.29. The van der Waals surface area contributed by atoms with E-state index < -0.39 is 11.1 Å². The highest BCUT2D eigenvalue weighted by Gasteiger charge is 2.37. The number of thioether (sulfide) groups is 1. The molecular formula is C28H24N2O4S. The molecule has 3 amide bonds. The first-order valence-electron chi connectivity index (χ1n) is 11.4. The highest BCUT2D eigenvalue weighted by molar-refractivity contribution is 8.18. The van der Waals surface area contributed by atoms with Gasteiger partial charge in [0.1, 0.15) is 18.9 Å². The first kappa shape index (κ1) is 22.9. The molecule has 0 radical (unpaired) electrons. The van der Waals surface area contributed by atoms with Gasteiger partial charge in [-0.25, -0.2) is 0 Å². The van der Waals surface area contributed by atoms with E-state index in [-0.39, 0.29) is 17.4 Å². The zero-order chi connectivity index (χ0) is 24.2. The minimum atomic E-state index is -0.455. The average Bonchev–Trinajstić information content (AvgIpc) is 3.15. The number of nitrogens with zero attached hydrogens (tertiary/aromatic N) is 2. The van der Waals surface area contributed by atoms with Crippen LogP contribution in [0.5, 0.6) is 5.75 Å². The van der Waals surface area contributed by atoms with E-state index >= 15 is 0 Å². The van der Waals surface area contributed by atoms with Crippen LogP contribution in [0.15, 0.2) is 83.8 Å². The van der Waals surface area contributed by atoms with Gasteiger partial charge < -0.3 is 9.64 Å². The molecule has 0 unspecified atom stereocenters. The van der Waals surface area contributed by atoms with E-state index in [4.69, 9.17) is 4.74 Å². The third kappa shape index (κ3) is 5.15. The molecule has 3 aromatic rings. The predicted molar refractivity (Wildman–Crippen MR) is 135 cm³/mol. The van der Waals surface area contributed by atoms with Crippen molar-refractivity contribution in [2.45, 2.75) is 19.6 Å². The molecule has 0 atom stereocenters. The van der Waals surface area contributed by atoms with Crippen molar-refractivity contribution in [2.75, 3.05) is 13.1 Å². The van der Waals surface area contributed by atoms with Gasteiger partial charge in [0.15, 0.2) is 0 Å². The van der Waals surface area contributed by atoms with Gasteiger partial charge in [-0.05, 0) is 47.0 Å². The van der Waals surface area contributed by atoms with Crippen LogP contribution < -0.4 is 4.74 Å². The van der Waals surface area contributed by atoms with Crippen molar-refractivity contribution in [3.8, 4) is 5.75 Å². The van der Waals surface area contributed by atoms with E-state index in [2.05, 4.69) is 6.07 Å². The largest absolute Gasteiger partial charge is 0.488 e. The third-order valence-electron chi connectivity index (χ3n) is 6.09. The first-order valence-corrected chi connectivity index (χ1v) is 12.3. The van der Waals surface area contributed by atoms with E-state index in [9.17, 15) is 14.4 Å². The molecule has 0 bridgehead atoms. The summed E-state index contributed by atoms with van der Waals surface area (Å²) < 4.78 is 5.97.